The Kier molecular flexibility index (Phi) is 4.05. The van der Waals surface area contributed by atoms with Gasteiger partial charge < -0.3 is 4.42 Å². The lowest BCUT2D eigenvalue weighted by atomic mass is 10.3. The lowest BCUT2D eigenvalue weighted by molar-refractivity contribution is -0.387. The van der Waals surface area contributed by atoms with Crippen LogP contribution in [0.25, 0.3) is 0 Å². The molecule has 21 heavy (non-hydrogen) atoms. The Morgan fingerprint density at radius 1 is 1.33 bits per heavy atom. The molecule has 1 N–H and O–H groups in total. The Labute approximate surface area is 119 Å². The fourth-order valence-corrected chi connectivity index (χ4v) is 2.64. The van der Waals surface area contributed by atoms with Crippen molar-refractivity contribution >= 4 is 15.7 Å². The molecular weight excluding hydrogens is 303 g/mol. The van der Waals surface area contributed by atoms with E-state index in [0.717, 1.165) is 12.1 Å². The van der Waals surface area contributed by atoms with Crippen molar-refractivity contribution in [3.05, 3.63) is 57.8 Å². The van der Waals surface area contributed by atoms with Gasteiger partial charge in [-0.1, -0.05) is 0 Å². The number of nitro groups is 1. The fraction of sp³-hybridized carbons (Fsp3) is 0.167. The molecule has 0 spiro atoms. The molecule has 0 unspecified atom stereocenters. The SMILES string of the molecule is Cc1ccc(CNS(=O)(=O)c2ccc([N+](=O)[O-])c(F)c2)o1. The molecule has 0 amide bonds. The molecule has 0 saturated heterocycles. The van der Waals surface area contributed by atoms with E-state index in [9.17, 15) is 22.9 Å². The van der Waals surface area contributed by atoms with Crippen molar-refractivity contribution in [2.24, 2.45) is 0 Å². The van der Waals surface area contributed by atoms with Crippen LogP contribution in [0, 0.1) is 22.9 Å². The number of hydrogen-bond acceptors (Lipinski definition) is 5. The summed E-state index contributed by atoms with van der Waals surface area (Å²) in [5.41, 5.74) is -0.782. The Morgan fingerprint density at radius 2 is 2.05 bits per heavy atom. The smallest absolute Gasteiger partial charge is 0.304 e. The first-order chi connectivity index (χ1) is 9.79. The molecule has 0 aliphatic rings. The van der Waals surface area contributed by atoms with Gasteiger partial charge in [0.05, 0.1) is 16.4 Å². The fourth-order valence-electron chi connectivity index (χ4n) is 1.63. The van der Waals surface area contributed by atoms with Crippen molar-refractivity contribution in [2.75, 3.05) is 0 Å². The average Bonchev–Trinajstić information content (AvgIpc) is 2.82. The van der Waals surface area contributed by atoms with Crippen LogP contribution in [0.2, 0.25) is 0 Å². The standard InChI is InChI=1S/C12H11FN2O5S/c1-8-2-3-9(20-8)7-14-21(18,19)10-4-5-12(15(16)17)11(13)6-10/h2-6,14H,7H2,1H3. The van der Waals surface area contributed by atoms with Crippen LogP contribution in [0.5, 0.6) is 0 Å². The lowest BCUT2D eigenvalue weighted by Crippen LogP contribution is -2.23. The third-order valence-electron chi connectivity index (χ3n) is 2.66. The third-order valence-corrected chi connectivity index (χ3v) is 4.06. The maximum atomic E-state index is 13.4. The molecule has 2 aromatic rings. The third kappa shape index (κ3) is 3.44. The van der Waals surface area contributed by atoms with Crippen molar-refractivity contribution in [3.63, 3.8) is 0 Å². The quantitative estimate of drug-likeness (QED) is 0.672. The lowest BCUT2D eigenvalue weighted by Gasteiger charge is -2.05. The highest BCUT2D eigenvalue weighted by molar-refractivity contribution is 7.89. The van der Waals surface area contributed by atoms with Crippen LogP contribution < -0.4 is 4.72 Å². The number of nitrogens with one attached hydrogen (secondary N) is 1. The molecule has 7 nitrogen and oxygen atoms in total. The number of sulfonamides is 1. The number of halogens is 1. The summed E-state index contributed by atoms with van der Waals surface area (Å²) in [6.45, 7) is 1.61. The zero-order chi connectivity index (χ0) is 15.6. The van der Waals surface area contributed by atoms with Gasteiger partial charge in [-0.25, -0.2) is 13.1 Å². The summed E-state index contributed by atoms with van der Waals surface area (Å²) in [7, 11) is -3.99. The normalized spacial score (nSPS) is 11.5. The van der Waals surface area contributed by atoms with Crippen molar-refractivity contribution in [1.82, 2.24) is 4.72 Å². The molecule has 9 heteroatoms. The molecule has 0 saturated carbocycles. The van der Waals surface area contributed by atoms with E-state index in [1.165, 1.54) is 0 Å². The zero-order valence-electron chi connectivity index (χ0n) is 10.9. The predicted molar refractivity (Wildman–Crippen MR) is 70.5 cm³/mol. The molecule has 1 heterocycles. The highest BCUT2D eigenvalue weighted by Crippen LogP contribution is 2.20. The van der Waals surface area contributed by atoms with Crippen LogP contribution in [0.1, 0.15) is 11.5 Å². The molecule has 0 bridgehead atoms. The van der Waals surface area contributed by atoms with Gasteiger partial charge in [-0.2, -0.15) is 4.39 Å². The van der Waals surface area contributed by atoms with Crippen molar-refractivity contribution in [2.45, 2.75) is 18.4 Å². The monoisotopic (exact) mass is 314 g/mol. The van der Waals surface area contributed by atoms with E-state index < -0.39 is 31.3 Å². The summed E-state index contributed by atoms with van der Waals surface area (Å²) in [5, 5.41) is 10.5. The Bertz CT molecular complexity index is 785. The number of nitro benzene ring substituents is 1. The van der Waals surface area contributed by atoms with Gasteiger partial charge in [0, 0.05) is 12.1 Å². The Morgan fingerprint density at radius 3 is 2.57 bits per heavy atom. The summed E-state index contributed by atoms with van der Waals surface area (Å²) >= 11 is 0. The minimum absolute atomic E-state index is 0.102. The van der Waals surface area contributed by atoms with Gasteiger partial charge in [0.15, 0.2) is 0 Å². The first-order valence-electron chi connectivity index (χ1n) is 5.78. The molecule has 1 aromatic heterocycles. The number of benzene rings is 1. The summed E-state index contributed by atoms with van der Waals surface area (Å²) in [5.74, 6) is -0.180. The number of hydrogen-bond donors (Lipinski definition) is 1. The van der Waals surface area contributed by atoms with Crippen LogP contribution in [0.3, 0.4) is 0 Å². The van der Waals surface area contributed by atoms with Crippen LogP contribution in [-0.2, 0) is 16.6 Å². The minimum Gasteiger partial charge on any atom is -0.465 e. The van der Waals surface area contributed by atoms with E-state index in [1.807, 2.05) is 0 Å². The minimum atomic E-state index is -3.99. The average molecular weight is 314 g/mol. The summed E-state index contributed by atoms with van der Waals surface area (Å²) in [6, 6.07) is 5.66. The van der Waals surface area contributed by atoms with Gasteiger partial charge in [0.2, 0.25) is 15.8 Å². The molecule has 0 fully saturated rings. The van der Waals surface area contributed by atoms with Gasteiger partial charge in [-0.05, 0) is 25.1 Å². The molecule has 0 atom stereocenters. The Balaban J connectivity index is 2.19. The van der Waals surface area contributed by atoms with E-state index in [0.29, 0.717) is 17.6 Å². The molecule has 0 aliphatic carbocycles. The molecular formula is C12H11FN2O5S. The van der Waals surface area contributed by atoms with E-state index in [4.69, 9.17) is 4.42 Å². The van der Waals surface area contributed by atoms with E-state index in [-0.39, 0.29) is 6.54 Å². The largest absolute Gasteiger partial charge is 0.465 e. The predicted octanol–water partition coefficient (Wildman–Crippen LogP) is 2.11. The van der Waals surface area contributed by atoms with Crippen LogP contribution in [0.15, 0.2) is 39.6 Å². The maximum Gasteiger partial charge on any atom is 0.304 e. The van der Waals surface area contributed by atoms with Crippen molar-refractivity contribution in [1.29, 1.82) is 0 Å². The summed E-state index contributed by atoms with van der Waals surface area (Å²) in [6.07, 6.45) is 0. The van der Waals surface area contributed by atoms with Crippen molar-refractivity contribution < 1.29 is 22.1 Å². The summed E-state index contributed by atoms with van der Waals surface area (Å²) in [4.78, 5) is 9.16. The summed E-state index contributed by atoms with van der Waals surface area (Å²) < 4.78 is 44.8. The second-order valence-electron chi connectivity index (χ2n) is 4.21. The maximum absolute atomic E-state index is 13.4. The van der Waals surface area contributed by atoms with E-state index in [2.05, 4.69) is 4.72 Å². The molecule has 0 aliphatic heterocycles. The van der Waals surface area contributed by atoms with Gasteiger partial charge in [0.1, 0.15) is 11.5 Å². The van der Waals surface area contributed by atoms with Gasteiger partial charge in [0.25, 0.3) is 0 Å². The van der Waals surface area contributed by atoms with Gasteiger partial charge in [-0.3, -0.25) is 10.1 Å². The molecule has 0 radical (unpaired) electrons. The number of rotatable bonds is 5. The molecule has 112 valence electrons. The highest BCUT2D eigenvalue weighted by atomic mass is 32.2. The number of nitrogens with zero attached hydrogens (tertiary/aromatic N) is 1. The first kappa shape index (κ1) is 15.1. The van der Waals surface area contributed by atoms with Crippen LogP contribution in [0.4, 0.5) is 10.1 Å². The number of furan rings is 1. The Hall–Kier alpha value is -2.26. The second-order valence-corrected chi connectivity index (χ2v) is 5.97. The topological polar surface area (TPSA) is 102 Å². The molecule has 2 rings (SSSR count). The zero-order valence-corrected chi connectivity index (χ0v) is 11.7. The van der Waals surface area contributed by atoms with Gasteiger partial charge in [-0.15, -0.1) is 0 Å². The van der Waals surface area contributed by atoms with Crippen LogP contribution in [-0.4, -0.2) is 13.3 Å². The first-order valence-corrected chi connectivity index (χ1v) is 7.27. The van der Waals surface area contributed by atoms with E-state index >= 15 is 0 Å². The highest BCUT2D eigenvalue weighted by Gasteiger charge is 2.20. The molecule has 1 aromatic carbocycles. The van der Waals surface area contributed by atoms with Crippen molar-refractivity contribution in [3.8, 4) is 0 Å². The number of aryl methyl sites for hydroxylation is 1. The van der Waals surface area contributed by atoms with Gasteiger partial charge >= 0.3 is 5.69 Å². The second kappa shape index (κ2) is 5.62. The van der Waals surface area contributed by atoms with E-state index in [1.54, 1.807) is 19.1 Å². The van der Waals surface area contributed by atoms with Crippen LogP contribution >= 0.6 is 0 Å².